The highest BCUT2D eigenvalue weighted by atomic mass is 35.5. The lowest BCUT2D eigenvalue weighted by Crippen LogP contribution is -2.44. The van der Waals surface area contributed by atoms with Gasteiger partial charge in [-0.15, -0.1) is 6.58 Å². The fraction of sp³-hybridized carbons (Fsp3) is 0.364. The van der Waals surface area contributed by atoms with Gasteiger partial charge >= 0.3 is 0 Å². The maximum atomic E-state index is 13.1. The average Bonchev–Trinajstić information content (AvgIpc) is 3.03. The van der Waals surface area contributed by atoms with Crippen molar-refractivity contribution in [3.63, 3.8) is 0 Å². The second-order valence-corrected chi connectivity index (χ2v) is 8.28. The van der Waals surface area contributed by atoms with Crippen molar-refractivity contribution in [3.05, 3.63) is 70.5 Å². The van der Waals surface area contributed by atoms with Crippen molar-refractivity contribution in [2.24, 2.45) is 13.0 Å². The molecule has 7 heteroatoms. The molecule has 0 unspecified atom stereocenters. The smallest absolute Gasteiger partial charge is 0.254 e. The molecule has 0 spiro atoms. The summed E-state index contributed by atoms with van der Waals surface area (Å²) in [5, 5.41) is 0.742. The molecule has 0 atom stereocenters. The molecular weight excluding hydrogens is 409 g/mol. The Morgan fingerprint density at radius 3 is 2.34 bits per heavy atom. The van der Waals surface area contributed by atoms with Crippen LogP contribution in [0.15, 0.2) is 49.2 Å². The van der Waals surface area contributed by atoms with Crippen LogP contribution in [0.2, 0.25) is 10.0 Å². The quantitative estimate of drug-likeness (QED) is 0.538. The Morgan fingerprint density at radius 1 is 1.17 bits per heavy atom. The van der Waals surface area contributed by atoms with E-state index in [0.717, 1.165) is 5.69 Å². The van der Waals surface area contributed by atoms with Gasteiger partial charge in [-0.3, -0.25) is 9.59 Å². The first-order chi connectivity index (χ1) is 13.7. The maximum Gasteiger partial charge on any atom is 0.254 e. The van der Waals surface area contributed by atoms with Gasteiger partial charge in [-0.25, -0.2) is 0 Å². The number of carbonyl (C=O) groups is 2. The van der Waals surface area contributed by atoms with Gasteiger partial charge in [0.2, 0.25) is 5.91 Å². The maximum absolute atomic E-state index is 13.1. The molecule has 2 amide bonds. The van der Waals surface area contributed by atoms with Gasteiger partial charge in [-0.2, -0.15) is 0 Å². The molecule has 0 saturated carbocycles. The lowest BCUT2D eigenvalue weighted by atomic mass is 10.1. The van der Waals surface area contributed by atoms with Crippen molar-refractivity contribution in [2.45, 2.75) is 20.4 Å². The number of carbonyl (C=O) groups excluding carboxylic acids is 2. The molecule has 0 radical (unpaired) electrons. The summed E-state index contributed by atoms with van der Waals surface area (Å²) in [7, 11) is 1.95. The van der Waals surface area contributed by atoms with Gasteiger partial charge in [0.05, 0.1) is 6.54 Å². The molecule has 2 aromatic rings. The fourth-order valence-electron chi connectivity index (χ4n) is 3.05. The second kappa shape index (κ2) is 10.5. The van der Waals surface area contributed by atoms with Crippen LogP contribution in [-0.4, -0.2) is 45.8 Å². The van der Waals surface area contributed by atoms with Crippen LogP contribution in [0.3, 0.4) is 0 Å². The van der Waals surface area contributed by atoms with E-state index in [-0.39, 0.29) is 24.9 Å². The molecule has 2 rings (SSSR count). The Balaban J connectivity index is 2.21. The summed E-state index contributed by atoms with van der Waals surface area (Å²) < 4.78 is 1.99. The first-order valence-electron chi connectivity index (χ1n) is 9.45. The van der Waals surface area contributed by atoms with Gasteiger partial charge in [0.25, 0.3) is 5.91 Å². The van der Waals surface area contributed by atoms with E-state index in [1.807, 2.05) is 29.9 Å². The molecule has 156 valence electrons. The van der Waals surface area contributed by atoms with Crippen LogP contribution in [0.5, 0.6) is 0 Å². The summed E-state index contributed by atoms with van der Waals surface area (Å²) in [6.07, 6.45) is 3.55. The van der Waals surface area contributed by atoms with Crippen LogP contribution in [0.25, 0.3) is 0 Å². The number of amides is 2. The number of halogens is 2. The van der Waals surface area contributed by atoms with Crippen LogP contribution in [0.1, 0.15) is 29.9 Å². The molecule has 0 N–H and O–H groups in total. The molecular formula is C22H27Cl2N3O2. The van der Waals surface area contributed by atoms with E-state index in [1.54, 1.807) is 29.2 Å². The molecule has 1 aromatic carbocycles. The largest absolute Gasteiger partial charge is 0.353 e. The zero-order valence-corrected chi connectivity index (χ0v) is 18.6. The number of hydrogen-bond acceptors (Lipinski definition) is 2. The van der Waals surface area contributed by atoms with E-state index < -0.39 is 0 Å². The van der Waals surface area contributed by atoms with Crippen LogP contribution in [0.4, 0.5) is 0 Å². The highest BCUT2D eigenvalue weighted by Gasteiger charge is 2.23. The van der Waals surface area contributed by atoms with Crippen molar-refractivity contribution >= 4 is 35.0 Å². The molecule has 0 saturated heterocycles. The van der Waals surface area contributed by atoms with Gasteiger partial charge < -0.3 is 14.4 Å². The molecule has 5 nitrogen and oxygen atoms in total. The van der Waals surface area contributed by atoms with Gasteiger partial charge in [0, 0.05) is 47.6 Å². The third kappa shape index (κ3) is 6.65. The van der Waals surface area contributed by atoms with Crippen LogP contribution < -0.4 is 0 Å². The minimum Gasteiger partial charge on any atom is -0.353 e. The van der Waals surface area contributed by atoms with Crippen molar-refractivity contribution in [2.75, 3.05) is 19.6 Å². The number of aryl methyl sites for hydroxylation is 1. The highest BCUT2D eigenvalue weighted by molar-refractivity contribution is 6.35. The van der Waals surface area contributed by atoms with Crippen molar-refractivity contribution in [1.29, 1.82) is 0 Å². The highest BCUT2D eigenvalue weighted by Crippen LogP contribution is 2.20. The van der Waals surface area contributed by atoms with Gasteiger partial charge in [-0.1, -0.05) is 43.1 Å². The van der Waals surface area contributed by atoms with E-state index in [2.05, 4.69) is 20.4 Å². The monoisotopic (exact) mass is 435 g/mol. The Kier molecular flexibility index (Phi) is 8.35. The summed E-state index contributed by atoms with van der Waals surface area (Å²) in [5.41, 5.74) is 1.37. The number of rotatable bonds is 9. The Labute approximate surface area is 182 Å². The average molecular weight is 436 g/mol. The van der Waals surface area contributed by atoms with Crippen molar-refractivity contribution < 1.29 is 9.59 Å². The SMILES string of the molecule is C=CCN(CC(=O)N(Cc1cccn1C)CC(C)C)C(=O)c1cc(Cl)cc(Cl)c1. The minimum atomic E-state index is -0.314. The third-order valence-electron chi connectivity index (χ3n) is 4.41. The van der Waals surface area contributed by atoms with Crippen molar-refractivity contribution in [3.8, 4) is 0 Å². The van der Waals surface area contributed by atoms with Crippen LogP contribution >= 0.6 is 23.2 Å². The molecule has 0 bridgehead atoms. The molecule has 0 aliphatic carbocycles. The minimum absolute atomic E-state index is 0.0495. The molecule has 29 heavy (non-hydrogen) atoms. The predicted molar refractivity (Wildman–Crippen MR) is 118 cm³/mol. The van der Waals surface area contributed by atoms with E-state index in [0.29, 0.717) is 34.6 Å². The van der Waals surface area contributed by atoms with Crippen molar-refractivity contribution in [1.82, 2.24) is 14.4 Å². The van der Waals surface area contributed by atoms with E-state index in [9.17, 15) is 9.59 Å². The Bertz CT molecular complexity index is 856. The first kappa shape index (κ1) is 23.0. The number of benzene rings is 1. The summed E-state index contributed by atoms with van der Waals surface area (Å²) in [4.78, 5) is 29.3. The lowest BCUT2D eigenvalue weighted by molar-refractivity contribution is -0.133. The van der Waals surface area contributed by atoms with E-state index in [1.165, 1.54) is 4.90 Å². The fourth-order valence-corrected chi connectivity index (χ4v) is 3.58. The number of aromatic nitrogens is 1. The zero-order valence-electron chi connectivity index (χ0n) is 17.1. The summed E-state index contributed by atoms with van der Waals surface area (Å²) >= 11 is 12.1. The Morgan fingerprint density at radius 2 is 1.83 bits per heavy atom. The normalized spacial score (nSPS) is 10.8. The van der Waals surface area contributed by atoms with Gasteiger partial charge in [-0.05, 0) is 36.2 Å². The number of hydrogen-bond donors (Lipinski definition) is 0. The second-order valence-electron chi connectivity index (χ2n) is 7.41. The van der Waals surface area contributed by atoms with E-state index in [4.69, 9.17) is 23.2 Å². The predicted octanol–water partition coefficient (Wildman–Crippen LogP) is 4.64. The van der Waals surface area contributed by atoms with Crippen LogP contribution in [-0.2, 0) is 18.4 Å². The van der Waals surface area contributed by atoms with Gasteiger partial charge in [0.15, 0.2) is 0 Å². The molecule has 1 heterocycles. The molecule has 0 aliphatic rings. The standard InChI is InChI=1S/C22H27Cl2N3O2/c1-5-8-26(22(29)17-10-18(23)12-19(24)11-17)15-21(28)27(13-16(2)3)14-20-7-6-9-25(20)4/h5-7,9-12,16H,1,8,13-15H2,2-4H3. The summed E-state index contributed by atoms with van der Waals surface area (Å²) in [5.74, 6) is -0.135. The molecule has 1 aromatic heterocycles. The van der Waals surface area contributed by atoms with Crippen LogP contribution in [0, 0.1) is 5.92 Å². The topological polar surface area (TPSA) is 45.6 Å². The molecule has 0 fully saturated rings. The summed E-state index contributed by atoms with van der Waals surface area (Å²) in [6.45, 7) is 9.11. The molecule has 0 aliphatic heterocycles. The van der Waals surface area contributed by atoms with Gasteiger partial charge in [0.1, 0.15) is 6.54 Å². The summed E-state index contributed by atoms with van der Waals surface area (Å²) in [6, 6.07) is 8.59. The zero-order chi connectivity index (χ0) is 21.6. The number of nitrogens with zero attached hydrogens (tertiary/aromatic N) is 3. The van der Waals surface area contributed by atoms with E-state index >= 15 is 0 Å². The Hall–Kier alpha value is -2.24. The third-order valence-corrected chi connectivity index (χ3v) is 4.85. The lowest BCUT2D eigenvalue weighted by Gasteiger charge is -2.28. The first-order valence-corrected chi connectivity index (χ1v) is 10.2.